The number of rotatable bonds is 5. The molecule has 2 aromatic rings. The molecule has 21 heavy (non-hydrogen) atoms. The SMILES string of the molecule is Cc1cccc(CS(=O)Cc2csc(C3CCCC3)n2)c1. The fourth-order valence-electron chi connectivity index (χ4n) is 2.95. The Morgan fingerprint density at radius 2 is 2.10 bits per heavy atom. The highest BCUT2D eigenvalue weighted by Gasteiger charge is 2.20. The van der Waals surface area contributed by atoms with Gasteiger partial charge in [0.1, 0.15) is 0 Å². The van der Waals surface area contributed by atoms with Crippen LogP contribution < -0.4 is 0 Å². The van der Waals surface area contributed by atoms with Crippen molar-refractivity contribution < 1.29 is 4.21 Å². The van der Waals surface area contributed by atoms with Gasteiger partial charge in [-0.05, 0) is 25.3 Å². The second-order valence-electron chi connectivity index (χ2n) is 5.88. The summed E-state index contributed by atoms with van der Waals surface area (Å²) in [5.74, 6) is 1.86. The summed E-state index contributed by atoms with van der Waals surface area (Å²) in [4.78, 5) is 4.72. The maximum atomic E-state index is 12.3. The van der Waals surface area contributed by atoms with Crippen LogP contribution in [0.2, 0.25) is 0 Å². The number of benzene rings is 1. The number of hydrogen-bond acceptors (Lipinski definition) is 3. The van der Waals surface area contributed by atoms with E-state index < -0.39 is 10.8 Å². The molecule has 1 aromatic heterocycles. The summed E-state index contributed by atoms with van der Waals surface area (Å²) in [6, 6.07) is 8.27. The van der Waals surface area contributed by atoms with Gasteiger partial charge in [-0.3, -0.25) is 4.21 Å². The molecule has 1 heterocycles. The summed E-state index contributed by atoms with van der Waals surface area (Å²) in [5.41, 5.74) is 3.38. The Balaban J connectivity index is 1.59. The van der Waals surface area contributed by atoms with Gasteiger partial charge in [0.05, 0.1) is 16.5 Å². The second kappa shape index (κ2) is 6.84. The first-order chi connectivity index (χ1) is 10.2. The summed E-state index contributed by atoms with van der Waals surface area (Å²) in [6.07, 6.45) is 5.22. The molecular formula is C17H21NOS2. The molecule has 1 atom stereocenters. The summed E-state index contributed by atoms with van der Waals surface area (Å²) in [5, 5.41) is 3.36. The van der Waals surface area contributed by atoms with Gasteiger partial charge in [0.25, 0.3) is 0 Å². The minimum absolute atomic E-state index is 0.581. The van der Waals surface area contributed by atoms with Gasteiger partial charge in [-0.2, -0.15) is 0 Å². The van der Waals surface area contributed by atoms with Crippen LogP contribution in [-0.4, -0.2) is 9.19 Å². The summed E-state index contributed by atoms with van der Waals surface area (Å²) < 4.78 is 12.3. The van der Waals surface area contributed by atoms with Crippen molar-refractivity contribution >= 4 is 22.1 Å². The first kappa shape index (κ1) is 14.9. The van der Waals surface area contributed by atoms with Crippen molar-refractivity contribution in [3.63, 3.8) is 0 Å². The minimum Gasteiger partial charge on any atom is -0.259 e. The molecule has 2 nitrogen and oxygen atoms in total. The van der Waals surface area contributed by atoms with Crippen LogP contribution in [0.4, 0.5) is 0 Å². The van der Waals surface area contributed by atoms with E-state index in [9.17, 15) is 4.21 Å². The predicted octanol–water partition coefficient (Wildman–Crippen LogP) is 4.56. The van der Waals surface area contributed by atoms with Crippen molar-refractivity contribution in [1.29, 1.82) is 0 Å². The second-order valence-corrected chi connectivity index (χ2v) is 8.22. The molecule has 1 aliphatic rings. The smallest absolute Gasteiger partial charge is 0.0959 e. The van der Waals surface area contributed by atoms with Crippen LogP contribution in [0.15, 0.2) is 29.6 Å². The fourth-order valence-corrected chi connectivity index (χ4v) is 5.18. The lowest BCUT2D eigenvalue weighted by Crippen LogP contribution is -2.01. The van der Waals surface area contributed by atoms with Crippen molar-refractivity contribution in [3.8, 4) is 0 Å². The molecule has 1 saturated carbocycles. The molecule has 4 heteroatoms. The zero-order valence-corrected chi connectivity index (χ0v) is 14.0. The number of thiazole rings is 1. The average Bonchev–Trinajstić information content (AvgIpc) is 3.08. The summed E-state index contributed by atoms with van der Waals surface area (Å²) in [7, 11) is -0.874. The van der Waals surface area contributed by atoms with E-state index in [4.69, 9.17) is 4.98 Å². The molecule has 1 aliphatic carbocycles. The molecule has 0 radical (unpaired) electrons. The van der Waals surface area contributed by atoms with Crippen molar-refractivity contribution in [1.82, 2.24) is 4.98 Å². The van der Waals surface area contributed by atoms with E-state index in [-0.39, 0.29) is 0 Å². The third-order valence-corrected chi connectivity index (χ3v) is 6.32. The van der Waals surface area contributed by atoms with Crippen molar-refractivity contribution in [2.24, 2.45) is 0 Å². The van der Waals surface area contributed by atoms with Crippen LogP contribution in [0.25, 0.3) is 0 Å². The Morgan fingerprint density at radius 1 is 1.29 bits per heavy atom. The van der Waals surface area contributed by atoms with E-state index in [1.54, 1.807) is 11.3 Å². The van der Waals surface area contributed by atoms with Gasteiger partial charge in [0, 0.05) is 27.9 Å². The first-order valence-electron chi connectivity index (χ1n) is 7.55. The van der Waals surface area contributed by atoms with Crippen LogP contribution in [-0.2, 0) is 22.3 Å². The first-order valence-corrected chi connectivity index (χ1v) is 9.92. The highest BCUT2D eigenvalue weighted by atomic mass is 32.2. The number of aryl methyl sites for hydroxylation is 1. The highest BCUT2D eigenvalue weighted by molar-refractivity contribution is 7.83. The topological polar surface area (TPSA) is 30.0 Å². The maximum Gasteiger partial charge on any atom is 0.0959 e. The van der Waals surface area contributed by atoms with Crippen LogP contribution >= 0.6 is 11.3 Å². The predicted molar refractivity (Wildman–Crippen MR) is 90.1 cm³/mol. The van der Waals surface area contributed by atoms with Gasteiger partial charge in [-0.1, -0.05) is 42.7 Å². The van der Waals surface area contributed by atoms with E-state index in [1.807, 2.05) is 6.07 Å². The quantitative estimate of drug-likeness (QED) is 0.809. The largest absolute Gasteiger partial charge is 0.259 e. The van der Waals surface area contributed by atoms with Gasteiger partial charge in [-0.15, -0.1) is 11.3 Å². The van der Waals surface area contributed by atoms with Crippen molar-refractivity contribution in [2.45, 2.75) is 50.0 Å². The molecule has 112 valence electrons. The van der Waals surface area contributed by atoms with Crippen molar-refractivity contribution in [2.75, 3.05) is 0 Å². The van der Waals surface area contributed by atoms with E-state index in [0.717, 1.165) is 11.3 Å². The number of aromatic nitrogens is 1. The van der Waals surface area contributed by atoms with Crippen LogP contribution in [0.3, 0.4) is 0 Å². The maximum absolute atomic E-state index is 12.3. The Morgan fingerprint density at radius 3 is 2.86 bits per heavy atom. The molecule has 3 rings (SSSR count). The minimum atomic E-state index is -0.874. The highest BCUT2D eigenvalue weighted by Crippen LogP contribution is 2.35. The Labute approximate surface area is 133 Å². The van der Waals surface area contributed by atoms with E-state index >= 15 is 0 Å². The van der Waals surface area contributed by atoms with E-state index in [2.05, 4.69) is 30.5 Å². The Hall–Kier alpha value is -1.00. The van der Waals surface area contributed by atoms with Gasteiger partial charge in [0.2, 0.25) is 0 Å². The molecule has 1 fully saturated rings. The molecule has 0 spiro atoms. The zero-order valence-electron chi connectivity index (χ0n) is 12.4. The molecule has 0 amide bonds. The van der Waals surface area contributed by atoms with Crippen molar-refractivity contribution in [3.05, 3.63) is 51.5 Å². The molecular weight excluding hydrogens is 298 g/mol. The van der Waals surface area contributed by atoms with Gasteiger partial charge in [-0.25, -0.2) is 4.98 Å². The molecule has 1 unspecified atom stereocenters. The lowest BCUT2D eigenvalue weighted by Gasteiger charge is -2.04. The standard InChI is InChI=1S/C17H21NOS2/c1-13-5-4-6-14(9-13)11-21(19)12-16-10-20-17(18-16)15-7-2-3-8-15/h4-6,9-10,15H,2-3,7-8,11-12H2,1H3. The molecule has 0 aliphatic heterocycles. The molecule has 0 bridgehead atoms. The Kier molecular flexibility index (Phi) is 4.86. The monoisotopic (exact) mass is 319 g/mol. The van der Waals surface area contributed by atoms with Crippen LogP contribution in [0.5, 0.6) is 0 Å². The molecule has 1 aromatic carbocycles. The normalized spacial score (nSPS) is 17.2. The lowest BCUT2D eigenvalue weighted by molar-refractivity contribution is 0.681. The Bertz CT molecular complexity index is 629. The van der Waals surface area contributed by atoms with Crippen LogP contribution in [0, 0.1) is 6.92 Å². The van der Waals surface area contributed by atoms with E-state index in [0.29, 0.717) is 17.4 Å². The number of hydrogen-bond donors (Lipinski definition) is 0. The van der Waals surface area contributed by atoms with Crippen LogP contribution in [0.1, 0.15) is 53.4 Å². The summed E-state index contributed by atoms with van der Waals surface area (Å²) in [6.45, 7) is 2.07. The third kappa shape index (κ3) is 4.01. The van der Waals surface area contributed by atoms with E-state index in [1.165, 1.54) is 36.3 Å². The number of nitrogens with zero attached hydrogens (tertiary/aromatic N) is 1. The third-order valence-electron chi connectivity index (χ3n) is 3.99. The van der Waals surface area contributed by atoms with Gasteiger partial charge < -0.3 is 0 Å². The van der Waals surface area contributed by atoms with Gasteiger partial charge >= 0.3 is 0 Å². The molecule has 0 N–H and O–H groups in total. The molecule has 0 saturated heterocycles. The summed E-state index contributed by atoms with van der Waals surface area (Å²) >= 11 is 1.75. The fraction of sp³-hybridized carbons (Fsp3) is 0.471. The lowest BCUT2D eigenvalue weighted by atomic mass is 10.1. The zero-order chi connectivity index (χ0) is 14.7. The van der Waals surface area contributed by atoms with Gasteiger partial charge in [0.15, 0.2) is 0 Å². The average molecular weight is 319 g/mol.